The molecule has 0 aromatic carbocycles. The molecule has 2 unspecified atom stereocenters. The van der Waals surface area contributed by atoms with Gasteiger partial charge in [-0.3, -0.25) is 0 Å². The van der Waals surface area contributed by atoms with Crippen LogP contribution in [-0.2, 0) is 17.7 Å². The van der Waals surface area contributed by atoms with Gasteiger partial charge in [-0.05, 0) is 49.9 Å². The van der Waals surface area contributed by atoms with Crippen LogP contribution < -0.4 is 0 Å². The van der Waals surface area contributed by atoms with Crippen LogP contribution in [-0.4, -0.2) is 43.5 Å². The summed E-state index contributed by atoms with van der Waals surface area (Å²) in [6, 6.07) is 0. The average Bonchev–Trinajstić information content (AvgIpc) is 2.88. The zero-order chi connectivity index (χ0) is 27.1. The molecule has 0 aromatic rings. The van der Waals surface area contributed by atoms with Crippen molar-refractivity contribution in [1.29, 1.82) is 0 Å². The average molecular weight is 543 g/mol. The predicted molar refractivity (Wildman–Crippen MR) is 162 cm³/mol. The third kappa shape index (κ3) is 13.5. The number of hydrogen-bond acceptors (Lipinski definition) is 4. The molecule has 214 valence electrons. The molecule has 0 saturated heterocycles. The van der Waals surface area contributed by atoms with E-state index in [2.05, 4.69) is 78.9 Å². The molecule has 0 aliphatic carbocycles. The highest BCUT2D eigenvalue weighted by atomic mass is 28.4. The molecule has 0 bridgehead atoms. The fourth-order valence-corrected chi connectivity index (χ4v) is 12.0. The van der Waals surface area contributed by atoms with Gasteiger partial charge in [-0.25, -0.2) is 0 Å². The van der Waals surface area contributed by atoms with Crippen molar-refractivity contribution in [3.63, 3.8) is 0 Å². The number of rotatable bonds is 25. The Morgan fingerprint density at radius 2 is 0.750 bits per heavy atom. The first-order valence-electron chi connectivity index (χ1n) is 15.3. The molecular weight excluding hydrogens is 480 g/mol. The van der Waals surface area contributed by atoms with Crippen molar-refractivity contribution < 1.29 is 17.7 Å². The van der Waals surface area contributed by atoms with Gasteiger partial charge < -0.3 is 17.7 Å². The molecule has 0 saturated carbocycles. The zero-order valence-corrected chi connectivity index (χ0v) is 27.4. The van der Waals surface area contributed by atoms with Gasteiger partial charge in [-0.15, -0.1) is 0 Å². The Kier molecular flexibility index (Phi) is 22.6. The Morgan fingerprint density at radius 3 is 0.972 bits per heavy atom. The largest absolute Gasteiger partial charge is 0.391 e. The third-order valence-corrected chi connectivity index (χ3v) is 14.8. The Labute approximate surface area is 228 Å². The van der Waals surface area contributed by atoms with Gasteiger partial charge in [0.05, 0.1) is 0 Å². The van der Waals surface area contributed by atoms with Gasteiger partial charge in [0.1, 0.15) is 0 Å². The molecule has 0 spiro atoms. The van der Waals surface area contributed by atoms with Crippen LogP contribution in [0.2, 0.25) is 11.1 Å². The minimum atomic E-state index is -2.67. The van der Waals surface area contributed by atoms with Crippen LogP contribution in [0.5, 0.6) is 0 Å². The van der Waals surface area contributed by atoms with E-state index in [0.717, 1.165) is 103 Å². The van der Waals surface area contributed by atoms with Crippen molar-refractivity contribution in [2.75, 3.05) is 26.4 Å². The minimum Gasteiger partial charge on any atom is -0.391 e. The van der Waals surface area contributed by atoms with E-state index in [4.69, 9.17) is 17.7 Å². The second-order valence-corrected chi connectivity index (χ2v) is 16.7. The fourth-order valence-electron chi connectivity index (χ4n) is 4.13. The van der Waals surface area contributed by atoms with Crippen molar-refractivity contribution in [1.82, 2.24) is 0 Å². The molecule has 0 N–H and O–H groups in total. The highest BCUT2D eigenvalue weighted by Crippen LogP contribution is 2.44. The first kappa shape index (κ1) is 35.8. The standard InChI is InChI=1S/C30H62O4Si2/c1-9-15-21-27-35(31-23-17-11-3,32-24-18-12-4)29(7)30(8)36(28-22-16-10-2,33-25-19-13-5)34-26-20-14-6/h21-22,27-30H,9-20,23-26H2,1-8H3. The van der Waals surface area contributed by atoms with E-state index in [0.29, 0.717) is 0 Å². The predicted octanol–water partition coefficient (Wildman–Crippen LogP) is 9.71. The highest BCUT2D eigenvalue weighted by molar-refractivity contribution is 6.80. The lowest BCUT2D eigenvalue weighted by Crippen LogP contribution is -2.54. The summed E-state index contributed by atoms with van der Waals surface area (Å²) in [5.74, 6) is 0. The molecule has 36 heavy (non-hydrogen) atoms. The van der Waals surface area contributed by atoms with Crippen molar-refractivity contribution in [2.24, 2.45) is 0 Å². The van der Waals surface area contributed by atoms with Crippen LogP contribution >= 0.6 is 0 Å². The summed E-state index contributed by atoms with van der Waals surface area (Å²) in [5.41, 5.74) is 5.16. The number of allylic oxidation sites excluding steroid dienone is 2. The first-order chi connectivity index (χ1) is 17.4. The molecule has 0 aromatic heterocycles. The summed E-state index contributed by atoms with van der Waals surface area (Å²) in [7, 11) is -5.33. The van der Waals surface area contributed by atoms with Gasteiger partial charge in [0.2, 0.25) is 0 Å². The Balaban J connectivity index is 6.43. The van der Waals surface area contributed by atoms with Crippen LogP contribution in [0.4, 0.5) is 0 Å². The maximum Gasteiger partial charge on any atom is 0.367 e. The van der Waals surface area contributed by atoms with Crippen molar-refractivity contribution in [3.05, 3.63) is 23.6 Å². The molecule has 0 aliphatic heterocycles. The summed E-state index contributed by atoms with van der Waals surface area (Å²) in [5, 5.41) is 0. The van der Waals surface area contributed by atoms with E-state index in [1.165, 1.54) is 0 Å². The Morgan fingerprint density at radius 1 is 0.472 bits per heavy atom. The normalized spacial score (nSPS) is 14.8. The lowest BCUT2D eigenvalue weighted by atomic mass is 10.3. The van der Waals surface area contributed by atoms with Crippen LogP contribution in [0.3, 0.4) is 0 Å². The van der Waals surface area contributed by atoms with E-state index in [1.54, 1.807) is 0 Å². The third-order valence-electron chi connectivity index (χ3n) is 6.93. The SMILES string of the molecule is CCCC=C[Si](OCCCC)(OCCCC)C(C)C(C)[Si](C=CCCC)(OCCCC)OCCCC. The van der Waals surface area contributed by atoms with Gasteiger partial charge in [-0.2, -0.15) is 0 Å². The van der Waals surface area contributed by atoms with Crippen LogP contribution in [0.15, 0.2) is 23.6 Å². The second-order valence-electron chi connectivity index (χ2n) is 10.2. The second kappa shape index (κ2) is 22.7. The Bertz CT molecular complexity index is 485. The molecule has 2 atom stereocenters. The summed E-state index contributed by atoms with van der Waals surface area (Å²) in [4.78, 5) is 0. The molecule has 0 fully saturated rings. The molecule has 0 rings (SSSR count). The molecule has 4 nitrogen and oxygen atoms in total. The van der Waals surface area contributed by atoms with Crippen LogP contribution in [0, 0.1) is 0 Å². The van der Waals surface area contributed by atoms with E-state index >= 15 is 0 Å². The summed E-state index contributed by atoms with van der Waals surface area (Å²) < 4.78 is 27.3. The van der Waals surface area contributed by atoms with E-state index in [9.17, 15) is 0 Å². The van der Waals surface area contributed by atoms with E-state index in [1.807, 2.05) is 0 Å². The number of unbranched alkanes of at least 4 members (excludes halogenated alkanes) is 6. The summed E-state index contributed by atoms with van der Waals surface area (Å²) in [6.07, 6.45) is 17.8. The van der Waals surface area contributed by atoms with Crippen molar-refractivity contribution >= 4 is 17.1 Å². The monoisotopic (exact) mass is 542 g/mol. The summed E-state index contributed by atoms with van der Waals surface area (Å²) >= 11 is 0. The zero-order valence-electron chi connectivity index (χ0n) is 25.4. The van der Waals surface area contributed by atoms with Crippen molar-refractivity contribution in [2.45, 2.75) is 144 Å². The number of hydrogen-bond donors (Lipinski definition) is 0. The van der Waals surface area contributed by atoms with Crippen LogP contribution in [0.25, 0.3) is 0 Å². The Hall–Kier alpha value is -0.246. The quantitative estimate of drug-likeness (QED) is 0.0849. The van der Waals surface area contributed by atoms with Gasteiger partial charge >= 0.3 is 17.1 Å². The minimum absolute atomic E-state index is 0.223. The van der Waals surface area contributed by atoms with Gasteiger partial charge in [0, 0.05) is 37.5 Å². The van der Waals surface area contributed by atoms with Gasteiger partial charge in [0.15, 0.2) is 0 Å². The fraction of sp³-hybridized carbons (Fsp3) is 0.867. The molecule has 0 heterocycles. The van der Waals surface area contributed by atoms with Gasteiger partial charge in [-0.1, -0.05) is 106 Å². The van der Waals surface area contributed by atoms with Crippen LogP contribution in [0.1, 0.15) is 132 Å². The lowest BCUT2D eigenvalue weighted by Gasteiger charge is -2.42. The van der Waals surface area contributed by atoms with Crippen molar-refractivity contribution in [3.8, 4) is 0 Å². The van der Waals surface area contributed by atoms with E-state index in [-0.39, 0.29) is 11.1 Å². The molecular formula is C30H62O4Si2. The maximum absolute atomic E-state index is 6.84. The summed E-state index contributed by atoms with van der Waals surface area (Å²) in [6.45, 7) is 21.1. The molecule has 0 radical (unpaired) electrons. The molecule has 0 aliphatic rings. The maximum atomic E-state index is 6.84. The molecule has 0 amide bonds. The first-order valence-corrected chi connectivity index (χ1v) is 19.3. The topological polar surface area (TPSA) is 36.9 Å². The smallest absolute Gasteiger partial charge is 0.367 e. The highest BCUT2D eigenvalue weighted by Gasteiger charge is 2.53. The van der Waals surface area contributed by atoms with Gasteiger partial charge in [0.25, 0.3) is 0 Å². The lowest BCUT2D eigenvalue weighted by molar-refractivity contribution is 0.147. The molecule has 6 heteroatoms. The van der Waals surface area contributed by atoms with E-state index < -0.39 is 17.1 Å².